The van der Waals surface area contributed by atoms with Crippen LogP contribution in [0, 0.1) is 5.41 Å². The van der Waals surface area contributed by atoms with Gasteiger partial charge in [-0.2, -0.15) is 0 Å². The molecule has 0 atom stereocenters. The molecule has 3 heteroatoms. The zero-order valence-corrected chi connectivity index (χ0v) is 15.7. The Morgan fingerprint density at radius 1 is 0.857 bits per heavy atom. The maximum atomic E-state index is 10.0. The molecule has 0 aromatic rings. The van der Waals surface area contributed by atoms with Gasteiger partial charge in [0.1, 0.15) is 0 Å². The lowest BCUT2D eigenvalue weighted by molar-refractivity contribution is -0.870. The van der Waals surface area contributed by atoms with Crippen LogP contribution in [0.15, 0.2) is 0 Å². The maximum Gasteiger partial charge on any atom is 0.308 e. The van der Waals surface area contributed by atoms with E-state index < -0.39 is 11.4 Å². The fraction of sp³-hybridized carbons (Fsp3) is 0.944. The maximum absolute atomic E-state index is 10.0. The van der Waals surface area contributed by atoms with Crippen molar-refractivity contribution in [2.24, 2.45) is 5.41 Å². The van der Waals surface area contributed by atoms with Crippen LogP contribution < -0.4 is 0 Å². The van der Waals surface area contributed by atoms with E-state index in [1.54, 1.807) is 20.8 Å². The van der Waals surface area contributed by atoms with Crippen LogP contribution in [-0.2, 0) is 4.79 Å². The standard InChI is InChI=1S/C13H30N.C5H10O2/c1-5-6-7-8-9-10-11-12-13-14(2,3)4;1-5(2,3)4(6)7/h5-13H2,1-4H3;1-3H3,(H,6,7)/q+1;. The lowest BCUT2D eigenvalue weighted by atomic mass is 9.98. The largest absolute Gasteiger partial charge is 0.481 e. The van der Waals surface area contributed by atoms with Crippen LogP contribution in [0.25, 0.3) is 0 Å². The quantitative estimate of drug-likeness (QED) is 0.483. The van der Waals surface area contributed by atoms with Gasteiger partial charge in [-0.1, -0.05) is 45.4 Å². The zero-order valence-electron chi connectivity index (χ0n) is 15.7. The minimum atomic E-state index is -0.757. The lowest BCUT2D eigenvalue weighted by Gasteiger charge is -2.23. The molecule has 0 saturated heterocycles. The molecule has 0 fully saturated rings. The van der Waals surface area contributed by atoms with Gasteiger partial charge in [0.25, 0.3) is 0 Å². The van der Waals surface area contributed by atoms with Crippen molar-refractivity contribution in [2.75, 3.05) is 27.7 Å². The second kappa shape index (κ2) is 12.0. The first-order valence-corrected chi connectivity index (χ1v) is 8.54. The van der Waals surface area contributed by atoms with E-state index >= 15 is 0 Å². The van der Waals surface area contributed by atoms with Crippen molar-refractivity contribution in [1.29, 1.82) is 0 Å². The van der Waals surface area contributed by atoms with Gasteiger partial charge in [-0.15, -0.1) is 0 Å². The van der Waals surface area contributed by atoms with E-state index in [1.807, 2.05) is 0 Å². The molecule has 0 unspecified atom stereocenters. The fourth-order valence-corrected chi connectivity index (χ4v) is 1.72. The molecule has 0 rings (SSSR count). The third kappa shape index (κ3) is 21.9. The highest BCUT2D eigenvalue weighted by Crippen LogP contribution is 2.11. The second-order valence-electron chi connectivity index (χ2n) is 8.04. The Morgan fingerprint density at radius 2 is 1.19 bits per heavy atom. The van der Waals surface area contributed by atoms with E-state index in [-0.39, 0.29) is 0 Å². The number of quaternary nitrogens is 1. The summed E-state index contributed by atoms with van der Waals surface area (Å²) in [6, 6.07) is 0. The first-order chi connectivity index (χ1) is 9.50. The van der Waals surface area contributed by atoms with E-state index in [9.17, 15) is 4.79 Å². The van der Waals surface area contributed by atoms with Crippen molar-refractivity contribution in [2.45, 2.75) is 79.1 Å². The molecule has 3 nitrogen and oxygen atoms in total. The van der Waals surface area contributed by atoms with Crippen molar-refractivity contribution in [1.82, 2.24) is 0 Å². The normalized spacial score (nSPS) is 11.8. The van der Waals surface area contributed by atoms with Crippen molar-refractivity contribution < 1.29 is 14.4 Å². The van der Waals surface area contributed by atoms with Crippen molar-refractivity contribution in [3.63, 3.8) is 0 Å². The number of hydrogen-bond donors (Lipinski definition) is 1. The minimum absolute atomic E-state index is 0.583. The molecule has 128 valence electrons. The molecular weight excluding hydrogens is 262 g/mol. The Labute approximate surface area is 133 Å². The van der Waals surface area contributed by atoms with E-state index in [4.69, 9.17) is 5.11 Å². The first kappa shape index (κ1) is 22.7. The van der Waals surface area contributed by atoms with E-state index in [2.05, 4.69) is 28.1 Å². The Morgan fingerprint density at radius 3 is 1.48 bits per heavy atom. The lowest BCUT2D eigenvalue weighted by Crippen LogP contribution is -2.35. The predicted molar refractivity (Wildman–Crippen MR) is 92.6 cm³/mol. The van der Waals surface area contributed by atoms with Gasteiger partial charge < -0.3 is 9.59 Å². The molecule has 0 heterocycles. The molecule has 0 radical (unpaired) electrons. The first-order valence-electron chi connectivity index (χ1n) is 8.54. The summed E-state index contributed by atoms with van der Waals surface area (Å²) in [5.74, 6) is -0.757. The van der Waals surface area contributed by atoms with Crippen molar-refractivity contribution in [3.05, 3.63) is 0 Å². The van der Waals surface area contributed by atoms with E-state index in [0.29, 0.717) is 0 Å². The summed E-state index contributed by atoms with van der Waals surface area (Å²) in [6.45, 7) is 8.59. The van der Waals surface area contributed by atoms with Gasteiger partial charge in [0.15, 0.2) is 0 Å². The monoisotopic (exact) mass is 302 g/mol. The third-order valence-corrected chi connectivity index (χ3v) is 3.32. The highest BCUT2D eigenvalue weighted by atomic mass is 16.4. The van der Waals surface area contributed by atoms with Crippen LogP contribution in [0.3, 0.4) is 0 Å². The Kier molecular flexibility index (Phi) is 13.0. The van der Waals surface area contributed by atoms with Gasteiger partial charge in [-0.25, -0.2) is 0 Å². The van der Waals surface area contributed by atoms with Gasteiger partial charge >= 0.3 is 5.97 Å². The molecule has 0 aromatic carbocycles. The third-order valence-electron chi connectivity index (χ3n) is 3.32. The average molecular weight is 303 g/mol. The molecule has 21 heavy (non-hydrogen) atoms. The van der Waals surface area contributed by atoms with Crippen LogP contribution in [0.1, 0.15) is 79.1 Å². The Bertz CT molecular complexity index is 249. The van der Waals surface area contributed by atoms with Gasteiger partial charge in [0.05, 0.1) is 33.1 Å². The van der Waals surface area contributed by atoms with Crippen LogP contribution >= 0.6 is 0 Å². The van der Waals surface area contributed by atoms with Crippen LogP contribution in [-0.4, -0.2) is 43.2 Å². The summed E-state index contributed by atoms with van der Waals surface area (Å²) in [5, 5.41) is 8.25. The number of carbonyl (C=O) groups is 1. The molecule has 0 aliphatic rings. The second-order valence-corrected chi connectivity index (χ2v) is 8.04. The molecule has 1 N–H and O–H groups in total. The van der Waals surface area contributed by atoms with E-state index in [0.717, 1.165) is 4.48 Å². The number of rotatable bonds is 9. The number of carboxylic acid groups (broad SMARTS) is 1. The van der Waals surface area contributed by atoms with Gasteiger partial charge in [-0.05, 0) is 33.6 Å². The van der Waals surface area contributed by atoms with Crippen molar-refractivity contribution in [3.8, 4) is 0 Å². The summed E-state index contributed by atoms with van der Waals surface area (Å²) in [5.41, 5.74) is -0.583. The smallest absolute Gasteiger partial charge is 0.308 e. The summed E-state index contributed by atoms with van der Waals surface area (Å²) < 4.78 is 1.12. The zero-order chi connectivity index (χ0) is 16.9. The molecule has 0 aliphatic heterocycles. The van der Waals surface area contributed by atoms with Crippen LogP contribution in [0.5, 0.6) is 0 Å². The van der Waals surface area contributed by atoms with Crippen molar-refractivity contribution >= 4 is 5.97 Å². The highest BCUT2D eigenvalue weighted by molar-refractivity contribution is 5.72. The number of nitrogens with zero attached hydrogens (tertiary/aromatic N) is 1. The summed E-state index contributed by atoms with van der Waals surface area (Å²) in [6.07, 6.45) is 11.4. The number of hydrogen-bond acceptors (Lipinski definition) is 1. The molecule has 0 bridgehead atoms. The SMILES string of the molecule is CC(C)(C)C(=O)O.CCCCCCCCCC[N+](C)(C)C. The van der Waals surface area contributed by atoms with Crippen LogP contribution in [0.4, 0.5) is 0 Å². The number of unbranched alkanes of at least 4 members (excludes halogenated alkanes) is 7. The fourth-order valence-electron chi connectivity index (χ4n) is 1.72. The molecule has 0 aromatic heterocycles. The molecule has 0 saturated carbocycles. The predicted octanol–water partition coefficient (Wildman–Crippen LogP) is 4.95. The number of carboxylic acids is 1. The van der Waals surface area contributed by atoms with E-state index in [1.165, 1.54) is 57.9 Å². The highest BCUT2D eigenvalue weighted by Gasteiger charge is 2.18. The Balaban J connectivity index is 0. The number of aliphatic carboxylic acids is 1. The van der Waals surface area contributed by atoms with Gasteiger partial charge in [0.2, 0.25) is 0 Å². The van der Waals surface area contributed by atoms with Gasteiger partial charge in [0, 0.05) is 0 Å². The van der Waals surface area contributed by atoms with Gasteiger partial charge in [-0.3, -0.25) is 4.79 Å². The molecule has 0 spiro atoms. The topological polar surface area (TPSA) is 37.3 Å². The molecule has 0 aliphatic carbocycles. The van der Waals surface area contributed by atoms with Crippen LogP contribution in [0.2, 0.25) is 0 Å². The molecular formula is C18H40NO2+. The Hall–Kier alpha value is -0.570. The minimum Gasteiger partial charge on any atom is -0.481 e. The average Bonchev–Trinajstić information content (AvgIpc) is 2.31. The summed E-state index contributed by atoms with van der Waals surface area (Å²) in [7, 11) is 6.84. The molecule has 0 amide bonds. The summed E-state index contributed by atoms with van der Waals surface area (Å²) in [4.78, 5) is 10.0. The summed E-state index contributed by atoms with van der Waals surface area (Å²) >= 11 is 0.